The summed E-state index contributed by atoms with van der Waals surface area (Å²) in [5.74, 6) is 1.74. The van der Waals surface area contributed by atoms with Crippen molar-refractivity contribution in [1.82, 2.24) is 4.57 Å². The Labute approximate surface area is 170 Å². The average molecular weight is 415 g/mol. The van der Waals surface area contributed by atoms with Crippen molar-refractivity contribution in [2.75, 3.05) is 13.7 Å². The van der Waals surface area contributed by atoms with Gasteiger partial charge in [-0.25, -0.2) is 4.99 Å². The number of ether oxygens (including phenoxy) is 2. The SMILES string of the molecule is COc1ccc(-n2c(-c3ccc(OC(F)F)cc3)csc2=NC2=NCCC2)cc1. The predicted octanol–water partition coefficient (Wildman–Crippen LogP) is 4.91. The van der Waals surface area contributed by atoms with Crippen molar-refractivity contribution in [2.45, 2.75) is 19.5 Å². The molecule has 3 aromatic rings. The summed E-state index contributed by atoms with van der Waals surface area (Å²) in [7, 11) is 1.63. The summed E-state index contributed by atoms with van der Waals surface area (Å²) in [6.45, 7) is -2.03. The van der Waals surface area contributed by atoms with Crippen LogP contribution in [0.1, 0.15) is 12.8 Å². The van der Waals surface area contributed by atoms with E-state index in [1.165, 1.54) is 23.5 Å². The van der Waals surface area contributed by atoms with E-state index in [1.807, 2.05) is 34.2 Å². The van der Waals surface area contributed by atoms with Gasteiger partial charge in [0.05, 0.1) is 12.8 Å². The molecule has 0 aliphatic carbocycles. The van der Waals surface area contributed by atoms with Crippen LogP contribution in [0.25, 0.3) is 16.9 Å². The highest BCUT2D eigenvalue weighted by molar-refractivity contribution is 7.07. The van der Waals surface area contributed by atoms with Gasteiger partial charge in [0.25, 0.3) is 0 Å². The largest absolute Gasteiger partial charge is 0.497 e. The third-order valence-electron chi connectivity index (χ3n) is 4.49. The lowest BCUT2D eigenvalue weighted by atomic mass is 10.1. The van der Waals surface area contributed by atoms with Gasteiger partial charge in [-0.3, -0.25) is 9.56 Å². The summed E-state index contributed by atoms with van der Waals surface area (Å²) in [4.78, 5) is 10.0. The first-order chi connectivity index (χ1) is 14.1. The fraction of sp³-hybridized carbons (Fsp3) is 0.238. The number of hydrogen-bond donors (Lipinski definition) is 0. The van der Waals surface area contributed by atoms with Crippen molar-refractivity contribution in [3.63, 3.8) is 0 Å². The molecule has 0 amide bonds. The number of rotatable bonds is 5. The van der Waals surface area contributed by atoms with E-state index in [0.717, 1.165) is 52.7 Å². The number of halogens is 2. The number of nitrogens with zero attached hydrogens (tertiary/aromatic N) is 3. The molecule has 1 aliphatic heterocycles. The van der Waals surface area contributed by atoms with Crippen LogP contribution in [-0.2, 0) is 0 Å². The van der Waals surface area contributed by atoms with Crippen molar-refractivity contribution < 1.29 is 18.3 Å². The Morgan fingerprint density at radius 3 is 2.41 bits per heavy atom. The Balaban J connectivity index is 1.80. The molecule has 1 aliphatic rings. The number of hydrogen-bond acceptors (Lipinski definition) is 5. The molecule has 0 unspecified atom stereocenters. The average Bonchev–Trinajstić information content (AvgIpc) is 3.39. The molecule has 0 saturated heterocycles. The third kappa shape index (κ3) is 4.37. The van der Waals surface area contributed by atoms with Gasteiger partial charge in [-0.05, 0) is 60.5 Å². The quantitative estimate of drug-likeness (QED) is 0.595. The number of benzene rings is 2. The summed E-state index contributed by atoms with van der Waals surface area (Å²) < 4.78 is 36.6. The molecule has 5 nitrogen and oxygen atoms in total. The Bertz CT molecular complexity index is 1070. The van der Waals surface area contributed by atoms with Gasteiger partial charge in [0.2, 0.25) is 0 Å². The Morgan fingerprint density at radius 2 is 1.79 bits per heavy atom. The number of methoxy groups -OCH3 is 1. The molecule has 29 heavy (non-hydrogen) atoms. The van der Waals surface area contributed by atoms with E-state index in [0.29, 0.717) is 0 Å². The molecule has 0 atom stereocenters. The molecule has 0 N–H and O–H groups in total. The normalized spacial score (nSPS) is 14.3. The van der Waals surface area contributed by atoms with E-state index in [4.69, 9.17) is 9.73 Å². The number of thiazole rings is 1. The zero-order valence-corrected chi connectivity index (χ0v) is 16.5. The lowest BCUT2D eigenvalue weighted by molar-refractivity contribution is -0.0498. The molecular formula is C21H19F2N3O2S. The van der Waals surface area contributed by atoms with Crippen molar-refractivity contribution in [3.05, 3.63) is 58.7 Å². The van der Waals surface area contributed by atoms with Crippen molar-refractivity contribution >= 4 is 17.2 Å². The molecule has 2 aromatic carbocycles. The van der Waals surface area contributed by atoms with E-state index in [2.05, 4.69) is 9.73 Å². The minimum Gasteiger partial charge on any atom is -0.497 e. The van der Waals surface area contributed by atoms with Crippen LogP contribution in [0.5, 0.6) is 11.5 Å². The van der Waals surface area contributed by atoms with Gasteiger partial charge in [0.15, 0.2) is 4.80 Å². The van der Waals surface area contributed by atoms with E-state index in [1.54, 1.807) is 19.2 Å². The highest BCUT2D eigenvalue weighted by Gasteiger charge is 2.13. The maximum Gasteiger partial charge on any atom is 0.387 e. The van der Waals surface area contributed by atoms with Crippen LogP contribution in [0.4, 0.5) is 8.78 Å². The highest BCUT2D eigenvalue weighted by Crippen LogP contribution is 2.27. The van der Waals surface area contributed by atoms with Gasteiger partial charge < -0.3 is 9.47 Å². The molecule has 2 heterocycles. The Hall–Kier alpha value is -3.00. The zero-order chi connectivity index (χ0) is 20.2. The lowest BCUT2D eigenvalue weighted by Crippen LogP contribution is -2.16. The van der Waals surface area contributed by atoms with Gasteiger partial charge in [-0.2, -0.15) is 8.78 Å². The molecule has 150 valence electrons. The number of aromatic nitrogens is 1. The van der Waals surface area contributed by atoms with Gasteiger partial charge >= 0.3 is 6.61 Å². The Kier molecular flexibility index (Phi) is 5.71. The van der Waals surface area contributed by atoms with Crippen molar-refractivity contribution in [2.24, 2.45) is 9.98 Å². The van der Waals surface area contributed by atoms with Crippen LogP contribution in [0.2, 0.25) is 0 Å². The highest BCUT2D eigenvalue weighted by atomic mass is 32.1. The van der Waals surface area contributed by atoms with Crippen molar-refractivity contribution in [1.29, 1.82) is 0 Å². The fourth-order valence-corrected chi connectivity index (χ4v) is 4.03. The lowest BCUT2D eigenvalue weighted by Gasteiger charge is -2.11. The minimum atomic E-state index is -2.84. The van der Waals surface area contributed by atoms with E-state index >= 15 is 0 Å². The summed E-state index contributed by atoms with van der Waals surface area (Å²) in [6.07, 6.45) is 1.89. The predicted molar refractivity (Wildman–Crippen MR) is 109 cm³/mol. The molecule has 0 fully saturated rings. The van der Waals surface area contributed by atoms with Crippen LogP contribution < -0.4 is 14.3 Å². The molecule has 4 rings (SSSR count). The molecular weight excluding hydrogens is 396 g/mol. The van der Waals surface area contributed by atoms with Crippen molar-refractivity contribution in [3.8, 4) is 28.4 Å². The second-order valence-corrected chi connectivity index (χ2v) is 7.19. The summed E-state index contributed by atoms with van der Waals surface area (Å²) in [5, 5.41) is 2.00. The van der Waals surface area contributed by atoms with Gasteiger partial charge in [0, 0.05) is 24.0 Å². The second-order valence-electron chi connectivity index (χ2n) is 6.35. The molecule has 0 saturated carbocycles. The monoisotopic (exact) mass is 415 g/mol. The standard InChI is InChI=1S/C21H19F2N3O2S/c1-27-16-10-6-15(7-11-16)26-18(13-29-21(26)25-19-3-2-12-24-19)14-4-8-17(9-5-14)28-20(22)23/h4-11,13,20H,2-3,12H2,1H3. The maximum absolute atomic E-state index is 12.4. The minimum absolute atomic E-state index is 0.125. The molecule has 8 heteroatoms. The van der Waals surface area contributed by atoms with Crippen LogP contribution in [0.15, 0.2) is 63.9 Å². The van der Waals surface area contributed by atoms with E-state index in [-0.39, 0.29) is 5.75 Å². The first-order valence-corrected chi connectivity index (χ1v) is 10.0. The second kappa shape index (κ2) is 8.57. The van der Waals surface area contributed by atoms with Gasteiger partial charge in [-0.15, -0.1) is 11.3 Å². The molecule has 1 aromatic heterocycles. The first kappa shape index (κ1) is 19.3. The topological polar surface area (TPSA) is 48.1 Å². The van der Waals surface area contributed by atoms with Gasteiger partial charge in [-0.1, -0.05) is 0 Å². The summed E-state index contributed by atoms with van der Waals surface area (Å²) >= 11 is 1.51. The molecule has 0 spiro atoms. The van der Waals surface area contributed by atoms with E-state index in [9.17, 15) is 8.78 Å². The Morgan fingerprint density at radius 1 is 1.07 bits per heavy atom. The smallest absolute Gasteiger partial charge is 0.387 e. The fourth-order valence-electron chi connectivity index (χ4n) is 3.10. The van der Waals surface area contributed by atoms with Crippen LogP contribution in [-0.4, -0.2) is 30.7 Å². The third-order valence-corrected chi connectivity index (χ3v) is 5.32. The summed E-state index contributed by atoms with van der Waals surface area (Å²) in [5.41, 5.74) is 2.70. The van der Waals surface area contributed by atoms with Gasteiger partial charge in [0.1, 0.15) is 17.3 Å². The first-order valence-electron chi connectivity index (χ1n) is 9.12. The van der Waals surface area contributed by atoms with Crippen LogP contribution >= 0.6 is 11.3 Å². The van der Waals surface area contributed by atoms with Crippen LogP contribution in [0.3, 0.4) is 0 Å². The summed E-state index contributed by atoms with van der Waals surface area (Å²) in [6, 6.07) is 14.3. The van der Waals surface area contributed by atoms with Crippen LogP contribution in [0, 0.1) is 0 Å². The number of aliphatic imine (C=N–C) groups is 1. The maximum atomic E-state index is 12.4. The molecule has 0 radical (unpaired) electrons. The van der Waals surface area contributed by atoms with E-state index < -0.39 is 6.61 Å². The molecule has 0 bridgehead atoms. The number of amidine groups is 1. The zero-order valence-electron chi connectivity index (χ0n) is 15.7. The number of alkyl halides is 2.